The Morgan fingerprint density at radius 1 is 0.929 bits per heavy atom. The predicted molar refractivity (Wildman–Crippen MR) is 115 cm³/mol. The summed E-state index contributed by atoms with van der Waals surface area (Å²) in [7, 11) is 0. The number of hydrogen-bond donors (Lipinski definition) is 1. The number of benzene rings is 2. The topological polar surface area (TPSA) is 57.2 Å². The maximum absolute atomic E-state index is 6.12. The summed E-state index contributed by atoms with van der Waals surface area (Å²) in [6, 6.07) is 14.2. The van der Waals surface area contributed by atoms with E-state index >= 15 is 0 Å². The lowest BCUT2D eigenvalue weighted by atomic mass is 10.1. The van der Waals surface area contributed by atoms with Crippen molar-refractivity contribution in [1.82, 2.24) is 15.2 Å². The van der Waals surface area contributed by atoms with Crippen LogP contribution in [0.4, 0.5) is 23.1 Å². The minimum absolute atomic E-state index is 0.512. The van der Waals surface area contributed by atoms with E-state index in [-0.39, 0.29) is 0 Å². The smallest absolute Gasteiger partial charge is 0.249 e. The summed E-state index contributed by atoms with van der Waals surface area (Å²) in [6.07, 6.45) is 1.72. The van der Waals surface area contributed by atoms with Crippen molar-refractivity contribution in [3.05, 3.63) is 64.8 Å². The lowest BCUT2D eigenvalue weighted by molar-refractivity contribution is 0.645. The van der Waals surface area contributed by atoms with Crippen molar-refractivity contribution < 1.29 is 0 Å². The van der Waals surface area contributed by atoms with E-state index in [2.05, 4.69) is 62.3 Å². The maximum atomic E-state index is 6.12. The Balaban J connectivity index is 1.43. The van der Waals surface area contributed by atoms with Gasteiger partial charge in [0.1, 0.15) is 0 Å². The first-order valence-corrected chi connectivity index (χ1v) is 9.76. The average Bonchev–Trinajstić information content (AvgIpc) is 2.71. The van der Waals surface area contributed by atoms with Crippen LogP contribution in [0.3, 0.4) is 0 Å². The third-order valence-electron chi connectivity index (χ3n) is 5.09. The molecule has 144 valence electrons. The Bertz CT molecular complexity index is 969. The molecule has 0 atom stereocenters. The normalized spacial score (nSPS) is 14.2. The van der Waals surface area contributed by atoms with Crippen LogP contribution in [0.15, 0.2) is 48.7 Å². The summed E-state index contributed by atoms with van der Waals surface area (Å²) in [6.45, 7) is 7.74. The number of piperazine rings is 1. The highest BCUT2D eigenvalue weighted by Crippen LogP contribution is 2.23. The van der Waals surface area contributed by atoms with Gasteiger partial charge in [-0.2, -0.15) is 10.1 Å². The number of anilines is 4. The molecule has 3 aromatic rings. The molecular formula is C21H23ClN6. The molecule has 0 radical (unpaired) electrons. The molecule has 0 spiro atoms. The second kappa shape index (κ2) is 8.02. The standard InChI is InChI=1S/C21H23ClN6/c1-15-6-7-18(12-16(15)2)24-21-25-20(14-23-26-21)28-10-8-27(9-11-28)19-5-3-4-17(22)13-19/h3-7,12-14H,8-11H2,1-2H3,(H,24,25,26). The third kappa shape index (κ3) is 4.17. The maximum Gasteiger partial charge on any atom is 0.249 e. The van der Waals surface area contributed by atoms with Crippen LogP contribution in [0.25, 0.3) is 0 Å². The molecule has 2 heterocycles. The van der Waals surface area contributed by atoms with Crippen molar-refractivity contribution in [2.45, 2.75) is 13.8 Å². The molecule has 28 heavy (non-hydrogen) atoms. The van der Waals surface area contributed by atoms with Crippen LogP contribution < -0.4 is 15.1 Å². The van der Waals surface area contributed by atoms with E-state index in [1.54, 1.807) is 6.20 Å². The second-order valence-electron chi connectivity index (χ2n) is 7.02. The Morgan fingerprint density at radius 3 is 2.46 bits per heavy atom. The zero-order valence-electron chi connectivity index (χ0n) is 16.1. The van der Waals surface area contributed by atoms with Crippen LogP contribution >= 0.6 is 11.6 Å². The molecule has 0 amide bonds. The first-order valence-electron chi connectivity index (χ1n) is 9.38. The zero-order chi connectivity index (χ0) is 19.5. The predicted octanol–water partition coefficient (Wildman–Crippen LogP) is 4.21. The molecule has 4 rings (SSSR count). The van der Waals surface area contributed by atoms with Gasteiger partial charge in [0.05, 0.1) is 6.20 Å². The van der Waals surface area contributed by atoms with Crippen LogP contribution in [0, 0.1) is 13.8 Å². The third-order valence-corrected chi connectivity index (χ3v) is 5.32. The van der Waals surface area contributed by atoms with Gasteiger partial charge in [-0.15, -0.1) is 5.10 Å². The van der Waals surface area contributed by atoms with Crippen molar-refractivity contribution in [2.75, 3.05) is 41.3 Å². The Kier molecular flexibility index (Phi) is 5.30. The molecule has 1 aliphatic heterocycles. The summed E-state index contributed by atoms with van der Waals surface area (Å²) >= 11 is 6.12. The van der Waals surface area contributed by atoms with Gasteiger partial charge in [0, 0.05) is 42.6 Å². The van der Waals surface area contributed by atoms with Gasteiger partial charge in [0.15, 0.2) is 5.82 Å². The van der Waals surface area contributed by atoms with E-state index in [1.807, 2.05) is 24.3 Å². The van der Waals surface area contributed by atoms with E-state index in [1.165, 1.54) is 11.1 Å². The van der Waals surface area contributed by atoms with Crippen molar-refractivity contribution in [1.29, 1.82) is 0 Å². The fourth-order valence-electron chi connectivity index (χ4n) is 3.32. The first-order chi connectivity index (χ1) is 13.6. The van der Waals surface area contributed by atoms with Crippen LogP contribution in [-0.4, -0.2) is 41.4 Å². The number of hydrogen-bond acceptors (Lipinski definition) is 6. The molecule has 1 fully saturated rings. The molecule has 2 aromatic carbocycles. The first kappa shape index (κ1) is 18.5. The monoisotopic (exact) mass is 394 g/mol. The van der Waals surface area contributed by atoms with Gasteiger partial charge in [0.25, 0.3) is 0 Å². The Morgan fingerprint density at radius 2 is 1.71 bits per heavy atom. The lowest BCUT2D eigenvalue weighted by Gasteiger charge is -2.36. The van der Waals surface area contributed by atoms with Crippen molar-refractivity contribution in [3.63, 3.8) is 0 Å². The molecule has 0 saturated carbocycles. The van der Waals surface area contributed by atoms with E-state index in [0.29, 0.717) is 5.95 Å². The molecule has 0 bridgehead atoms. The SMILES string of the molecule is Cc1ccc(Nc2nncc(N3CCN(c4cccc(Cl)c4)CC3)n2)cc1C. The van der Waals surface area contributed by atoms with Gasteiger partial charge in [-0.05, 0) is 55.3 Å². The van der Waals surface area contributed by atoms with Crippen molar-refractivity contribution in [2.24, 2.45) is 0 Å². The minimum atomic E-state index is 0.512. The number of halogens is 1. The number of rotatable bonds is 4. The number of nitrogens with one attached hydrogen (secondary N) is 1. The lowest BCUT2D eigenvalue weighted by Crippen LogP contribution is -2.46. The van der Waals surface area contributed by atoms with Gasteiger partial charge in [-0.1, -0.05) is 23.7 Å². The molecule has 1 saturated heterocycles. The number of aryl methyl sites for hydroxylation is 2. The van der Waals surface area contributed by atoms with Gasteiger partial charge < -0.3 is 15.1 Å². The summed E-state index contributed by atoms with van der Waals surface area (Å²) < 4.78 is 0. The van der Waals surface area contributed by atoms with E-state index < -0.39 is 0 Å². The van der Waals surface area contributed by atoms with Crippen LogP contribution in [0.1, 0.15) is 11.1 Å². The van der Waals surface area contributed by atoms with Crippen LogP contribution in [0.2, 0.25) is 5.02 Å². The largest absolute Gasteiger partial charge is 0.368 e. The van der Waals surface area contributed by atoms with Gasteiger partial charge in [0.2, 0.25) is 5.95 Å². The molecule has 1 N–H and O–H groups in total. The quantitative estimate of drug-likeness (QED) is 0.715. The summed E-state index contributed by atoms with van der Waals surface area (Å²) in [4.78, 5) is 9.23. The second-order valence-corrected chi connectivity index (χ2v) is 7.45. The van der Waals surface area contributed by atoms with Crippen molar-refractivity contribution in [3.8, 4) is 0 Å². The zero-order valence-corrected chi connectivity index (χ0v) is 16.8. The Labute approximate surface area is 170 Å². The molecule has 0 aliphatic carbocycles. The molecule has 7 heteroatoms. The summed E-state index contributed by atoms with van der Waals surface area (Å²) in [5.41, 5.74) is 4.61. The number of nitrogens with zero attached hydrogens (tertiary/aromatic N) is 5. The number of aromatic nitrogens is 3. The van der Waals surface area contributed by atoms with E-state index in [0.717, 1.165) is 48.4 Å². The van der Waals surface area contributed by atoms with Crippen LogP contribution in [-0.2, 0) is 0 Å². The molecule has 6 nitrogen and oxygen atoms in total. The molecule has 1 aromatic heterocycles. The van der Waals surface area contributed by atoms with Crippen LogP contribution in [0.5, 0.6) is 0 Å². The van der Waals surface area contributed by atoms with Gasteiger partial charge in [-0.25, -0.2) is 0 Å². The van der Waals surface area contributed by atoms with E-state index in [4.69, 9.17) is 11.6 Å². The summed E-state index contributed by atoms with van der Waals surface area (Å²) in [5.74, 6) is 1.35. The highest BCUT2D eigenvalue weighted by molar-refractivity contribution is 6.30. The molecule has 1 aliphatic rings. The van der Waals surface area contributed by atoms with Gasteiger partial charge >= 0.3 is 0 Å². The van der Waals surface area contributed by atoms with E-state index in [9.17, 15) is 0 Å². The fraction of sp³-hybridized carbons (Fsp3) is 0.286. The minimum Gasteiger partial charge on any atom is -0.368 e. The average molecular weight is 395 g/mol. The fourth-order valence-corrected chi connectivity index (χ4v) is 3.50. The van der Waals surface area contributed by atoms with Gasteiger partial charge in [-0.3, -0.25) is 0 Å². The highest BCUT2D eigenvalue weighted by atomic mass is 35.5. The highest BCUT2D eigenvalue weighted by Gasteiger charge is 2.19. The Hall–Kier alpha value is -2.86. The van der Waals surface area contributed by atoms with Crippen molar-refractivity contribution >= 4 is 34.7 Å². The molecule has 0 unspecified atom stereocenters. The summed E-state index contributed by atoms with van der Waals surface area (Å²) in [5, 5.41) is 12.3. The molecular weight excluding hydrogens is 372 g/mol.